The van der Waals surface area contributed by atoms with Gasteiger partial charge in [-0.05, 0) is 13.3 Å². The highest BCUT2D eigenvalue weighted by atomic mass is 32.2. The van der Waals surface area contributed by atoms with E-state index in [0.717, 1.165) is 12.8 Å². The molecule has 0 aromatic heterocycles. The number of unbranched alkanes of at least 4 members (excludes halogenated alkanes) is 9. The Hall–Kier alpha value is 0.0300. The van der Waals surface area contributed by atoms with Crippen LogP contribution in [0.4, 0.5) is 0 Å². The molecule has 0 aliphatic carbocycles. The largest absolute Gasteiger partial charge is 0.306 e. The normalized spacial score (nSPS) is 14.5. The monoisotopic (exact) mass is 293 g/mol. The Bertz CT molecular complexity index is 213. The Morgan fingerprint density at radius 1 is 0.947 bits per heavy atom. The molecule has 0 heterocycles. The van der Waals surface area contributed by atoms with Crippen molar-refractivity contribution in [3.63, 3.8) is 0 Å². The van der Waals surface area contributed by atoms with Gasteiger partial charge in [0.25, 0.3) is 0 Å². The fourth-order valence-electron chi connectivity index (χ4n) is 1.87. The molecule has 2 N–H and O–H groups in total. The van der Waals surface area contributed by atoms with Crippen LogP contribution in [0.2, 0.25) is 0 Å². The summed E-state index contributed by atoms with van der Waals surface area (Å²) < 4.78 is 20.9. The second-order valence-electron chi connectivity index (χ2n) is 5.01. The fraction of sp³-hybridized carbons (Fsp3) is 1.00. The summed E-state index contributed by atoms with van der Waals surface area (Å²) in [5, 5.41) is 0. The van der Waals surface area contributed by atoms with Crippen LogP contribution >= 0.6 is 0 Å². The average molecular weight is 293 g/mol. The van der Waals surface area contributed by atoms with E-state index in [4.69, 9.17) is 14.1 Å². The summed E-state index contributed by atoms with van der Waals surface area (Å²) in [7, 11) is 0. The predicted molar refractivity (Wildman–Crippen MR) is 80.7 cm³/mol. The van der Waals surface area contributed by atoms with Gasteiger partial charge < -0.3 is 5.73 Å². The minimum absolute atomic E-state index is 0.482. The summed E-state index contributed by atoms with van der Waals surface area (Å²) in [5.41, 5.74) is 5.33. The third kappa shape index (κ3) is 16.0. The Balaban J connectivity index is 3.08. The Labute approximate surface area is 121 Å². The molecule has 19 heavy (non-hydrogen) atoms. The van der Waals surface area contributed by atoms with E-state index >= 15 is 0 Å². The maximum absolute atomic E-state index is 11.1. The van der Waals surface area contributed by atoms with Crippen LogP contribution < -0.4 is 5.73 Å². The van der Waals surface area contributed by atoms with E-state index in [1.807, 2.05) is 0 Å². The van der Waals surface area contributed by atoms with Crippen LogP contribution in [0.25, 0.3) is 0 Å². The Morgan fingerprint density at radius 2 is 1.42 bits per heavy atom. The standard InChI is InChI=1S/C14H31NO3S/c1-3-4-5-6-7-8-9-10-11-12-13-17-19(16)18-14(2)15/h14H,3-13,15H2,1-2H3. The van der Waals surface area contributed by atoms with E-state index in [0.29, 0.717) is 6.61 Å². The van der Waals surface area contributed by atoms with E-state index in [1.54, 1.807) is 6.92 Å². The molecule has 0 aliphatic heterocycles. The van der Waals surface area contributed by atoms with E-state index in [-0.39, 0.29) is 0 Å². The lowest BCUT2D eigenvalue weighted by atomic mass is 10.1. The lowest BCUT2D eigenvalue weighted by Crippen LogP contribution is -2.21. The van der Waals surface area contributed by atoms with Crippen LogP contribution in [0.3, 0.4) is 0 Å². The minimum Gasteiger partial charge on any atom is -0.305 e. The molecule has 0 fully saturated rings. The zero-order valence-corrected chi connectivity index (χ0v) is 13.4. The van der Waals surface area contributed by atoms with Gasteiger partial charge in [0.05, 0.1) is 6.61 Å². The van der Waals surface area contributed by atoms with Crippen LogP contribution in [0.15, 0.2) is 0 Å². The third-order valence-corrected chi connectivity index (χ3v) is 3.73. The maximum atomic E-state index is 11.1. The molecule has 0 spiro atoms. The molecule has 0 saturated heterocycles. The first-order chi connectivity index (χ1) is 9.16. The van der Waals surface area contributed by atoms with Crippen LogP contribution in [0, 0.1) is 0 Å². The van der Waals surface area contributed by atoms with Gasteiger partial charge in [-0.3, -0.25) is 4.18 Å². The first-order valence-corrected chi connectivity index (χ1v) is 8.64. The minimum atomic E-state index is -1.69. The highest BCUT2D eigenvalue weighted by Crippen LogP contribution is 2.10. The zero-order chi connectivity index (χ0) is 14.3. The van der Waals surface area contributed by atoms with E-state index < -0.39 is 17.6 Å². The quantitative estimate of drug-likeness (QED) is 0.390. The average Bonchev–Trinajstić information content (AvgIpc) is 2.35. The summed E-state index contributed by atoms with van der Waals surface area (Å²) in [6, 6.07) is 0. The highest BCUT2D eigenvalue weighted by molar-refractivity contribution is 7.75. The van der Waals surface area contributed by atoms with Crippen molar-refractivity contribution < 1.29 is 12.6 Å². The molecule has 0 aliphatic rings. The van der Waals surface area contributed by atoms with Crippen molar-refractivity contribution in [2.24, 2.45) is 5.73 Å². The topological polar surface area (TPSA) is 61.5 Å². The number of nitrogens with two attached hydrogens (primary N) is 1. The summed E-state index contributed by atoms with van der Waals surface area (Å²) in [6.45, 7) is 4.35. The fourth-order valence-corrected chi connectivity index (χ4v) is 2.43. The van der Waals surface area contributed by atoms with Crippen molar-refractivity contribution in [2.75, 3.05) is 6.61 Å². The first kappa shape index (κ1) is 19.0. The third-order valence-electron chi connectivity index (χ3n) is 2.91. The van der Waals surface area contributed by atoms with Gasteiger partial charge in [0.1, 0.15) is 6.23 Å². The van der Waals surface area contributed by atoms with Crippen molar-refractivity contribution in [1.29, 1.82) is 0 Å². The summed E-state index contributed by atoms with van der Waals surface area (Å²) >= 11 is -1.69. The van der Waals surface area contributed by atoms with E-state index in [9.17, 15) is 4.21 Å². The molecule has 0 radical (unpaired) electrons. The molecule has 0 saturated carbocycles. The van der Waals surface area contributed by atoms with Crippen molar-refractivity contribution in [1.82, 2.24) is 0 Å². The number of hydrogen-bond acceptors (Lipinski definition) is 4. The van der Waals surface area contributed by atoms with Crippen molar-refractivity contribution in [2.45, 2.75) is 84.3 Å². The smallest absolute Gasteiger partial charge is 0.305 e. The van der Waals surface area contributed by atoms with Gasteiger partial charge in [0.2, 0.25) is 0 Å². The molecule has 0 rings (SSSR count). The number of rotatable bonds is 14. The van der Waals surface area contributed by atoms with Crippen LogP contribution in [-0.4, -0.2) is 17.0 Å². The van der Waals surface area contributed by atoms with Gasteiger partial charge in [0, 0.05) is 0 Å². The summed E-state index contributed by atoms with van der Waals surface area (Å²) in [6.07, 6.45) is 12.2. The molecule has 2 unspecified atom stereocenters. The second kappa shape index (κ2) is 14.4. The van der Waals surface area contributed by atoms with Crippen LogP contribution in [-0.2, 0) is 19.7 Å². The molecule has 0 bridgehead atoms. The SMILES string of the molecule is CCCCCCCCCCCCOS(=O)OC(C)N. The molecule has 0 amide bonds. The molecule has 0 aromatic carbocycles. The lowest BCUT2D eigenvalue weighted by molar-refractivity contribution is 0.198. The Kier molecular flexibility index (Phi) is 14.5. The van der Waals surface area contributed by atoms with Crippen molar-refractivity contribution in [3.05, 3.63) is 0 Å². The van der Waals surface area contributed by atoms with Gasteiger partial charge in [-0.15, -0.1) is 0 Å². The van der Waals surface area contributed by atoms with Crippen molar-refractivity contribution in [3.8, 4) is 0 Å². The van der Waals surface area contributed by atoms with Gasteiger partial charge in [-0.1, -0.05) is 64.7 Å². The zero-order valence-electron chi connectivity index (χ0n) is 12.6. The highest BCUT2D eigenvalue weighted by Gasteiger charge is 2.03. The molecule has 2 atom stereocenters. The van der Waals surface area contributed by atoms with Gasteiger partial charge in [-0.25, -0.2) is 4.18 Å². The first-order valence-electron chi connectivity index (χ1n) is 7.64. The molecular weight excluding hydrogens is 262 g/mol. The van der Waals surface area contributed by atoms with Crippen LogP contribution in [0.1, 0.15) is 78.1 Å². The van der Waals surface area contributed by atoms with Crippen molar-refractivity contribution >= 4 is 11.4 Å². The molecule has 5 heteroatoms. The van der Waals surface area contributed by atoms with Gasteiger partial charge in [0.15, 0.2) is 0 Å². The predicted octanol–water partition coefficient (Wildman–Crippen LogP) is 3.82. The number of hydrogen-bond donors (Lipinski definition) is 1. The van der Waals surface area contributed by atoms with E-state index in [2.05, 4.69) is 6.92 Å². The second-order valence-corrected chi connectivity index (χ2v) is 5.85. The van der Waals surface area contributed by atoms with E-state index in [1.165, 1.54) is 51.4 Å². The lowest BCUT2D eigenvalue weighted by Gasteiger charge is -2.06. The molecule has 116 valence electrons. The molecule has 4 nitrogen and oxygen atoms in total. The van der Waals surface area contributed by atoms with Gasteiger partial charge in [-0.2, -0.15) is 4.21 Å². The summed E-state index contributed by atoms with van der Waals surface area (Å²) in [5.74, 6) is 0. The maximum Gasteiger partial charge on any atom is 0.306 e. The van der Waals surface area contributed by atoms with Gasteiger partial charge >= 0.3 is 11.4 Å². The van der Waals surface area contributed by atoms with Crippen LogP contribution in [0.5, 0.6) is 0 Å². The Morgan fingerprint density at radius 3 is 1.89 bits per heavy atom. The molecular formula is C14H31NO3S. The summed E-state index contributed by atoms with van der Waals surface area (Å²) in [4.78, 5) is 0. The molecule has 0 aromatic rings.